The van der Waals surface area contributed by atoms with Crippen LogP contribution < -0.4 is 17.2 Å². The zero-order valence-corrected chi connectivity index (χ0v) is 14.8. The Morgan fingerprint density at radius 2 is 0.440 bits per heavy atom. The molecule has 0 radical (unpaired) electrons. The van der Waals surface area contributed by atoms with E-state index in [9.17, 15) is 0 Å². The van der Waals surface area contributed by atoms with Gasteiger partial charge in [0.05, 0.1) is 76.1 Å². The number of aliphatic hydroxyl groups excluding tert-OH is 9. The Hall–Kier alpha value is -0.190. The summed E-state index contributed by atoms with van der Waals surface area (Å²) in [4.78, 5) is 0. The fraction of sp³-hybridized carbons (Fsp3) is 1.00. The second kappa shape index (κ2) is 17.2. The number of hydrogen-bond acceptors (Lipinski definition) is 12. The van der Waals surface area contributed by atoms with Crippen LogP contribution in [0.4, 0.5) is 0 Å². The van der Waals surface area contributed by atoms with Crippen molar-refractivity contribution in [2.45, 2.75) is 16.6 Å². The highest BCUT2D eigenvalue weighted by Gasteiger charge is 2.21. The van der Waals surface area contributed by atoms with Crippen LogP contribution >= 0.6 is 12.4 Å². The molecule has 0 heterocycles. The lowest BCUT2D eigenvalue weighted by atomic mass is 10.1. The Morgan fingerprint density at radius 3 is 0.440 bits per heavy atom. The average molecular weight is 400 g/mol. The van der Waals surface area contributed by atoms with Crippen LogP contribution in [0.25, 0.3) is 0 Å². The van der Waals surface area contributed by atoms with E-state index in [1.54, 1.807) is 0 Å². The third-order valence-electron chi connectivity index (χ3n) is 2.83. The van der Waals surface area contributed by atoms with Gasteiger partial charge < -0.3 is 63.2 Å². The van der Waals surface area contributed by atoms with Gasteiger partial charge in [-0.3, -0.25) is 0 Å². The van der Waals surface area contributed by atoms with Gasteiger partial charge in [-0.05, 0) is 0 Å². The predicted molar refractivity (Wildman–Crippen MR) is 91.8 cm³/mol. The van der Waals surface area contributed by atoms with E-state index >= 15 is 0 Å². The molecule has 0 aromatic carbocycles. The van der Waals surface area contributed by atoms with Crippen LogP contribution in [0.2, 0.25) is 0 Å². The Balaban J connectivity index is -0.000000130. The average Bonchev–Trinajstić information content (AvgIpc) is 2.67. The van der Waals surface area contributed by atoms with E-state index in [-0.39, 0.29) is 12.4 Å². The molecule has 0 aromatic heterocycles. The van der Waals surface area contributed by atoms with E-state index in [0.29, 0.717) is 0 Å². The van der Waals surface area contributed by atoms with Crippen molar-refractivity contribution in [3.63, 3.8) is 0 Å². The molecule has 0 rings (SSSR count). The zero-order chi connectivity index (χ0) is 19.9. The van der Waals surface area contributed by atoms with Gasteiger partial charge in [-0.2, -0.15) is 0 Å². The standard InChI is InChI=1S/3C4H11NO3.ClH/c3*5-4(1-6,2-7)3-8;/h3*6-8H,1-3,5H2;1H. The monoisotopic (exact) mass is 399 g/mol. The molecule has 12 nitrogen and oxygen atoms in total. The first-order valence-corrected chi connectivity index (χ1v) is 6.89. The molecule has 0 aliphatic heterocycles. The SMILES string of the molecule is Cl.NC(CO)(CO)CO.NC(CO)(CO)CO.NC(CO)(CO)CO. The number of rotatable bonds is 9. The summed E-state index contributed by atoms with van der Waals surface area (Å²) >= 11 is 0. The fourth-order valence-electron chi connectivity index (χ4n) is 0.450. The maximum absolute atomic E-state index is 8.34. The fourth-order valence-corrected chi connectivity index (χ4v) is 0.450. The number of hydrogen-bond donors (Lipinski definition) is 12. The number of nitrogens with two attached hydrogens (primary N) is 3. The lowest BCUT2D eigenvalue weighted by molar-refractivity contribution is 0.0695. The third kappa shape index (κ3) is 15.8. The Bertz CT molecular complexity index is 211. The van der Waals surface area contributed by atoms with Crippen LogP contribution in [0.3, 0.4) is 0 Å². The van der Waals surface area contributed by atoms with Crippen molar-refractivity contribution in [2.75, 3.05) is 59.5 Å². The number of halogens is 1. The molecule has 0 saturated carbocycles. The van der Waals surface area contributed by atoms with E-state index in [1.807, 2.05) is 0 Å². The van der Waals surface area contributed by atoms with Crippen molar-refractivity contribution < 1.29 is 46.0 Å². The molecule has 0 saturated heterocycles. The predicted octanol–water partition coefficient (Wildman–Crippen LogP) is -6.60. The molecule has 0 fully saturated rings. The van der Waals surface area contributed by atoms with Crippen molar-refractivity contribution in [3.8, 4) is 0 Å². The molecule has 0 aliphatic rings. The van der Waals surface area contributed by atoms with Crippen molar-refractivity contribution in [1.29, 1.82) is 0 Å². The molecule has 0 aliphatic carbocycles. The smallest absolute Gasteiger partial charge is 0.0856 e. The Morgan fingerprint density at radius 1 is 0.360 bits per heavy atom. The minimum absolute atomic E-state index is 0. The minimum atomic E-state index is -1.21. The van der Waals surface area contributed by atoms with Crippen LogP contribution in [0.1, 0.15) is 0 Å². The minimum Gasteiger partial charge on any atom is -0.394 e. The Kier molecular flexibility index (Phi) is 22.4. The largest absolute Gasteiger partial charge is 0.394 e. The second-order valence-corrected chi connectivity index (χ2v) is 5.51. The summed E-state index contributed by atoms with van der Waals surface area (Å²) in [6.07, 6.45) is 0. The van der Waals surface area contributed by atoms with Crippen molar-refractivity contribution in [1.82, 2.24) is 0 Å². The topological polar surface area (TPSA) is 260 Å². The van der Waals surface area contributed by atoms with Crippen LogP contribution in [0, 0.1) is 0 Å². The normalized spacial score (nSPS) is 11.5. The highest BCUT2D eigenvalue weighted by atomic mass is 35.5. The van der Waals surface area contributed by atoms with Crippen molar-refractivity contribution >= 4 is 12.4 Å². The molecular weight excluding hydrogens is 366 g/mol. The van der Waals surface area contributed by atoms with Gasteiger partial charge in [0.15, 0.2) is 0 Å². The molecule has 13 heteroatoms. The van der Waals surface area contributed by atoms with Gasteiger partial charge in [-0.1, -0.05) is 0 Å². The zero-order valence-electron chi connectivity index (χ0n) is 14.0. The summed E-state index contributed by atoms with van der Waals surface area (Å²) in [5.41, 5.74) is 11.8. The highest BCUT2D eigenvalue weighted by molar-refractivity contribution is 5.85. The quantitative estimate of drug-likeness (QED) is 0.172. The van der Waals surface area contributed by atoms with Gasteiger partial charge in [-0.15, -0.1) is 12.4 Å². The maximum atomic E-state index is 8.34. The molecule has 0 unspecified atom stereocenters. The summed E-state index contributed by atoms with van der Waals surface area (Å²) in [5, 5.41) is 75.1. The van der Waals surface area contributed by atoms with Gasteiger partial charge in [0.2, 0.25) is 0 Å². The van der Waals surface area contributed by atoms with Crippen molar-refractivity contribution in [2.24, 2.45) is 17.2 Å². The lowest BCUT2D eigenvalue weighted by Gasteiger charge is -2.20. The van der Waals surface area contributed by atoms with E-state index in [4.69, 9.17) is 63.2 Å². The highest BCUT2D eigenvalue weighted by Crippen LogP contribution is 1.94. The number of aliphatic hydroxyl groups is 9. The Labute approximate surface area is 152 Å². The molecule has 0 atom stereocenters. The first kappa shape index (κ1) is 32.5. The summed E-state index contributed by atoms with van der Waals surface area (Å²) < 4.78 is 0. The lowest BCUT2D eigenvalue weighted by Crippen LogP contribution is -2.50. The molecule has 158 valence electrons. The molecule has 0 spiro atoms. The summed E-state index contributed by atoms with van der Waals surface area (Å²) in [6.45, 7) is -3.62. The van der Waals surface area contributed by atoms with Crippen molar-refractivity contribution in [3.05, 3.63) is 0 Å². The summed E-state index contributed by atoms with van der Waals surface area (Å²) in [6, 6.07) is 0. The molecule has 0 aromatic rings. The maximum Gasteiger partial charge on any atom is 0.0856 e. The van der Waals surface area contributed by atoms with Gasteiger partial charge in [0.1, 0.15) is 0 Å². The molecule has 0 bridgehead atoms. The molecule has 15 N–H and O–H groups in total. The summed E-state index contributed by atoms with van der Waals surface area (Å²) in [7, 11) is 0. The second-order valence-electron chi connectivity index (χ2n) is 5.51. The first-order valence-electron chi connectivity index (χ1n) is 6.89. The van der Waals surface area contributed by atoms with Gasteiger partial charge >= 0.3 is 0 Å². The van der Waals surface area contributed by atoms with E-state index in [0.717, 1.165) is 0 Å². The van der Waals surface area contributed by atoms with Crippen LogP contribution in [-0.4, -0.2) is 122 Å². The van der Waals surface area contributed by atoms with Gasteiger partial charge in [0.25, 0.3) is 0 Å². The molecule has 25 heavy (non-hydrogen) atoms. The van der Waals surface area contributed by atoms with E-state index in [1.165, 1.54) is 0 Å². The van der Waals surface area contributed by atoms with Crippen LogP contribution in [-0.2, 0) is 0 Å². The van der Waals surface area contributed by atoms with Gasteiger partial charge in [0, 0.05) is 0 Å². The third-order valence-corrected chi connectivity index (χ3v) is 2.83. The molecule has 0 amide bonds. The van der Waals surface area contributed by atoms with Crippen LogP contribution in [0.15, 0.2) is 0 Å². The molecular formula is C12H34ClN3O9. The van der Waals surface area contributed by atoms with Crippen LogP contribution in [0.5, 0.6) is 0 Å². The van der Waals surface area contributed by atoms with E-state index < -0.39 is 76.1 Å². The summed E-state index contributed by atoms with van der Waals surface area (Å²) in [5.74, 6) is 0. The first-order chi connectivity index (χ1) is 11.0. The van der Waals surface area contributed by atoms with E-state index in [2.05, 4.69) is 0 Å². The van der Waals surface area contributed by atoms with Gasteiger partial charge in [-0.25, -0.2) is 0 Å².